The maximum Gasteiger partial charge on any atom is 0.255 e. The van der Waals surface area contributed by atoms with Gasteiger partial charge in [-0.05, 0) is 57.5 Å². The molecule has 0 aromatic heterocycles. The highest BCUT2D eigenvalue weighted by Crippen LogP contribution is 2.38. The first-order valence-electron chi connectivity index (χ1n) is 9.28. The molecule has 142 valence electrons. The minimum atomic E-state index is -0.598. The highest BCUT2D eigenvalue weighted by molar-refractivity contribution is 6.05. The monoisotopic (exact) mass is 366 g/mol. The van der Waals surface area contributed by atoms with E-state index >= 15 is 0 Å². The van der Waals surface area contributed by atoms with Gasteiger partial charge in [0.15, 0.2) is 0 Å². The van der Waals surface area contributed by atoms with Crippen molar-refractivity contribution in [2.24, 2.45) is 5.41 Å². The molecule has 0 atom stereocenters. The van der Waals surface area contributed by atoms with Gasteiger partial charge < -0.3 is 15.0 Å². The number of carbonyl (C=O) groups excluding carboxylic acids is 2. The molecule has 0 spiro atoms. The van der Waals surface area contributed by atoms with E-state index in [0.717, 1.165) is 12.0 Å². The van der Waals surface area contributed by atoms with E-state index < -0.39 is 5.41 Å². The predicted molar refractivity (Wildman–Crippen MR) is 107 cm³/mol. The average Bonchev–Trinajstić information content (AvgIpc) is 2.72. The summed E-state index contributed by atoms with van der Waals surface area (Å²) in [5.41, 5.74) is 2.37. The van der Waals surface area contributed by atoms with Gasteiger partial charge in [-0.1, -0.05) is 24.6 Å². The van der Waals surface area contributed by atoms with Crippen molar-refractivity contribution in [1.82, 2.24) is 0 Å². The Morgan fingerprint density at radius 2 is 2.00 bits per heavy atom. The van der Waals surface area contributed by atoms with Gasteiger partial charge in [0.1, 0.15) is 12.4 Å². The Morgan fingerprint density at radius 3 is 2.70 bits per heavy atom. The molecule has 5 nitrogen and oxygen atoms in total. The number of nitrogens with zero attached hydrogens (tertiary/aromatic N) is 1. The summed E-state index contributed by atoms with van der Waals surface area (Å²) in [6.45, 7) is 8.71. The van der Waals surface area contributed by atoms with Crippen LogP contribution in [0.3, 0.4) is 0 Å². The summed E-state index contributed by atoms with van der Waals surface area (Å²) in [6.07, 6.45) is 0.834. The normalized spacial score (nSPS) is 15.6. The third-order valence-corrected chi connectivity index (χ3v) is 4.65. The summed E-state index contributed by atoms with van der Waals surface area (Å²) < 4.78 is 5.90. The van der Waals surface area contributed by atoms with Crippen molar-refractivity contribution in [1.29, 1.82) is 0 Å². The molecule has 3 rings (SSSR count). The quantitative estimate of drug-likeness (QED) is 0.872. The van der Waals surface area contributed by atoms with Crippen LogP contribution in [0.2, 0.25) is 0 Å². The minimum Gasteiger partial charge on any atom is -0.490 e. The Balaban J connectivity index is 1.92. The zero-order valence-corrected chi connectivity index (χ0v) is 16.3. The Morgan fingerprint density at radius 1 is 1.22 bits per heavy atom. The summed E-state index contributed by atoms with van der Waals surface area (Å²) in [5, 5.41) is 2.92. The summed E-state index contributed by atoms with van der Waals surface area (Å²) in [7, 11) is 0. The number of rotatable bonds is 4. The van der Waals surface area contributed by atoms with Crippen molar-refractivity contribution < 1.29 is 14.3 Å². The van der Waals surface area contributed by atoms with Gasteiger partial charge in [0, 0.05) is 17.8 Å². The second kappa shape index (κ2) is 7.43. The van der Waals surface area contributed by atoms with E-state index in [1.165, 1.54) is 0 Å². The van der Waals surface area contributed by atoms with E-state index in [-0.39, 0.29) is 11.8 Å². The first kappa shape index (κ1) is 19.0. The van der Waals surface area contributed by atoms with E-state index in [1.807, 2.05) is 58.0 Å². The van der Waals surface area contributed by atoms with Gasteiger partial charge in [0.2, 0.25) is 5.91 Å². The van der Waals surface area contributed by atoms with Crippen molar-refractivity contribution >= 4 is 23.2 Å². The summed E-state index contributed by atoms with van der Waals surface area (Å²) in [5.74, 6) is 0.517. The van der Waals surface area contributed by atoms with Crippen LogP contribution in [0.1, 0.15) is 43.1 Å². The van der Waals surface area contributed by atoms with Crippen LogP contribution in [0.25, 0.3) is 0 Å². The van der Waals surface area contributed by atoms with Crippen LogP contribution >= 0.6 is 0 Å². The Labute approximate surface area is 160 Å². The van der Waals surface area contributed by atoms with Crippen LogP contribution in [0, 0.1) is 12.3 Å². The standard InChI is InChI=1S/C22H26N2O3/c1-5-11-24-18-13-17(23-20(25)16-8-6-7-15(2)12-16)9-10-19(18)27-14-22(3,4)21(24)26/h6-10,12-13H,5,11,14H2,1-4H3,(H,23,25). The first-order valence-corrected chi connectivity index (χ1v) is 9.28. The van der Waals surface area contributed by atoms with Crippen LogP contribution < -0.4 is 15.0 Å². The smallest absolute Gasteiger partial charge is 0.255 e. The zero-order valence-electron chi connectivity index (χ0n) is 16.3. The van der Waals surface area contributed by atoms with Gasteiger partial charge in [-0.25, -0.2) is 0 Å². The number of ether oxygens (including phenoxy) is 1. The molecule has 0 aliphatic carbocycles. The van der Waals surface area contributed by atoms with Crippen LogP contribution in [-0.2, 0) is 4.79 Å². The van der Waals surface area contributed by atoms with E-state index in [2.05, 4.69) is 5.32 Å². The number of carbonyl (C=O) groups is 2. The molecule has 0 saturated heterocycles. The Kier molecular flexibility index (Phi) is 5.22. The molecule has 0 radical (unpaired) electrons. The second-order valence-corrected chi connectivity index (χ2v) is 7.64. The fourth-order valence-corrected chi connectivity index (χ4v) is 3.16. The molecular weight excluding hydrogens is 340 g/mol. The zero-order chi connectivity index (χ0) is 19.6. The maximum absolute atomic E-state index is 13.0. The number of amides is 2. The number of fused-ring (bicyclic) bond motifs is 1. The van der Waals surface area contributed by atoms with Gasteiger partial charge in [0.25, 0.3) is 5.91 Å². The number of nitrogens with one attached hydrogen (secondary N) is 1. The molecule has 2 amide bonds. The Bertz CT molecular complexity index is 874. The van der Waals surface area contributed by atoms with Gasteiger partial charge >= 0.3 is 0 Å². The molecule has 0 unspecified atom stereocenters. The minimum absolute atomic E-state index is 0.0326. The number of anilines is 2. The van der Waals surface area contributed by atoms with Crippen molar-refractivity contribution in [3.63, 3.8) is 0 Å². The van der Waals surface area contributed by atoms with Crippen LogP contribution in [-0.4, -0.2) is 25.0 Å². The lowest BCUT2D eigenvalue weighted by atomic mass is 9.93. The van der Waals surface area contributed by atoms with Gasteiger partial charge in [0.05, 0.1) is 11.1 Å². The Hall–Kier alpha value is -2.82. The topological polar surface area (TPSA) is 58.6 Å². The highest BCUT2D eigenvalue weighted by atomic mass is 16.5. The molecule has 2 aromatic rings. The molecule has 2 aromatic carbocycles. The molecule has 1 aliphatic heterocycles. The first-order chi connectivity index (χ1) is 12.8. The van der Waals surface area contributed by atoms with E-state index in [4.69, 9.17) is 4.74 Å². The molecule has 0 bridgehead atoms. The molecule has 5 heteroatoms. The average molecular weight is 366 g/mol. The van der Waals surface area contributed by atoms with Crippen LogP contribution in [0.15, 0.2) is 42.5 Å². The van der Waals surface area contributed by atoms with Crippen LogP contribution in [0.4, 0.5) is 11.4 Å². The number of aryl methyl sites for hydroxylation is 1. The van der Waals surface area contributed by atoms with E-state index in [0.29, 0.717) is 35.8 Å². The van der Waals surface area contributed by atoms with Gasteiger partial charge in [-0.3, -0.25) is 9.59 Å². The summed E-state index contributed by atoms with van der Waals surface area (Å²) >= 11 is 0. The molecule has 1 N–H and O–H groups in total. The van der Waals surface area contributed by atoms with E-state index in [9.17, 15) is 9.59 Å². The molecular formula is C22H26N2O3. The summed E-state index contributed by atoms with van der Waals surface area (Å²) in [4.78, 5) is 27.3. The third kappa shape index (κ3) is 3.97. The fraction of sp³-hybridized carbons (Fsp3) is 0.364. The molecule has 27 heavy (non-hydrogen) atoms. The van der Waals surface area contributed by atoms with Crippen molar-refractivity contribution in [3.8, 4) is 5.75 Å². The van der Waals surface area contributed by atoms with Crippen molar-refractivity contribution in [2.45, 2.75) is 34.1 Å². The molecule has 0 fully saturated rings. The fourth-order valence-electron chi connectivity index (χ4n) is 3.16. The van der Waals surface area contributed by atoms with Crippen LogP contribution in [0.5, 0.6) is 5.75 Å². The van der Waals surface area contributed by atoms with E-state index in [1.54, 1.807) is 17.0 Å². The van der Waals surface area contributed by atoms with Gasteiger partial charge in [-0.15, -0.1) is 0 Å². The SMILES string of the molecule is CCCN1C(=O)C(C)(C)COc2ccc(NC(=O)c3cccc(C)c3)cc21. The highest BCUT2D eigenvalue weighted by Gasteiger charge is 2.37. The predicted octanol–water partition coefficient (Wildman–Crippen LogP) is 4.41. The third-order valence-electron chi connectivity index (χ3n) is 4.65. The lowest BCUT2D eigenvalue weighted by Crippen LogP contribution is -2.42. The lowest BCUT2D eigenvalue weighted by molar-refractivity contribution is -0.127. The van der Waals surface area contributed by atoms with Gasteiger partial charge in [-0.2, -0.15) is 0 Å². The second-order valence-electron chi connectivity index (χ2n) is 7.64. The molecule has 0 saturated carbocycles. The lowest BCUT2D eigenvalue weighted by Gasteiger charge is -2.27. The number of hydrogen-bond donors (Lipinski definition) is 1. The van der Waals surface area contributed by atoms with Crippen molar-refractivity contribution in [3.05, 3.63) is 53.6 Å². The summed E-state index contributed by atoms with van der Waals surface area (Å²) in [6, 6.07) is 12.9. The van der Waals surface area contributed by atoms with Crippen molar-refractivity contribution in [2.75, 3.05) is 23.4 Å². The number of hydrogen-bond acceptors (Lipinski definition) is 3. The molecule has 1 aliphatic rings. The number of benzene rings is 2. The largest absolute Gasteiger partial charge is 0.490 e. The molecule has 1 heterocycles. The maximum atomic E-state index is 13.0.